The zero-order chi connectivity index (χ0) is 11.1. The number of ether oxygens (including phenoxy) is 1. The van der Waals surface area contributed by atoms with Crippen molar-refractivity contribution in [2.75, 3.05) is 31.8 Å². The molecule has 0 aromatic carbocycles. The molecule has 1 fully saturated rings. The SMILES string of the molecule is COCC(C)NC(=S)NCC1CCSC1. The minimum absolute atomic E-state index is 0.271. The number of thioether (sulfide) groups is 1. The van der Waals surface area contributed by atoms with Crippen LogP contribution in [-0.4, -0.2) is 42.9 Å². The molecule has 1 rings (SSSR count). The minimum atomic E-state index is 0.271. The highest BCUT2D eigenvalue weighted by Crippen LogP contribution is 2.22. The third-order valence-electron chi connectivity index (χ3n) is 2.37. The van der Waals surface area contributed by atoms with Gasteiger partial charge in [-0.25, -0.2) is 0 Å². The second-order valence-electron chi connectivity index (χ2n) is 3.94. The Morgan fingerprint density at radius 1 is 1.67 bits per heavy atom. The van der Waals surface area contributed by atoms with E-state index in [0.717, 1.165) is 17.6 Å². The maximum atomic E-state index is 5.19. The van der Waals surface area contributed by atoms with Crippen LogP contribution in [0.2, 0.25) is 0 Å². The van der Waals surface area contributed by atoms with E-state index in [-0.39, 0.29) is 6.04 Å². The standard InChI is InChI=1S/C10H20N2OS2/c1-8(6-13-2)12-10(14)11-5-9-3-4-15-7-9/h8-9H,3-7H2,1-2H3,(H2,11,12,14). The van der Waals surface area contributed by atoms with Gasteiger partial charge in [0.2, 0.25) is 0 Å². The Balaban J connectivity index is 2.07. The van der Waals surface area contributed by atoms with Crippen molar-refractivity contribution in [3.8, 4) is 0 Å². The van der Waals surface area contributed by atoms with Gasteiger partial charge in [0.25, 0.3) is 0 Å². The zero-order valence-corrected chi connectivity index (χ0v) is 11.0. The van der Waals surface area contributed by atoms with Gasteiger partial charge in [-0.05, 0) is 43.0 Å². The summed E-state index contributed by atoms with van der Waals surface area (Å²) in [6, 6.07) is 0.271. The molecular weight excluding hydrogens is 228 g/mol. The molecule has 0 radical (unpaired) electrons. The normalized spacial score (nSPS) is 22.4. The molecule has 2 atom stereocenters. The summed E-state index contributed by atoms with van der Waals surface area (Å²) in [5, 5.41) is 7.21. The lowest BCUT2D eigenvalue weighted by molar-refractivity contribution is 0.179. The first kappa shape index (κ1) is 13.1. The Labute approximate surface area is 102 Å². The van der Waals surface area contributed by atoms with Gasteiger partial charge in [-0.3, -0.25) is 0 Å². The molecule has 1 aliphatic heterocycles. The maximum absolute atomic E-state index is 5.19. The van der Waals surface area contributed by atoms with Crippen molar-refractivity contribution >= 4 is 29.1 Å². The molecule has 2 N–H and O–H groups in total. The van der Waals surface area contributed by atoms with Gasteiger partial charge in [-0.15, -0.1) is 0 Å². The van der Waals surface area contributed by atoms with Crippen molar-refractivity contribution in [3.05, 3.63) is 0 Å². The summed E-state index contributed by atoms with van der Waals surface area (Å²) in [5.74, 6) is 3.35. The van der Waals surface area contributed by atoms with E-state index in [4.69, 9.17) is 17.0 Å². The zero-order valence-electron chi connectivity index (χ0n) is 9.41. The van der Waals surface area contributed by atoms with E-state index in [9.17, 15) is 0 Å². The third-order valence-corrected chi connectivity index (χ3v) is 3.86. The summed E-state index contributed by atoms with van der Waals surface area (Å²) >= 11 is 7.23. The highest BCUT2D eigenvalue weighted by molar-refractivity contribution is 7.99. The largest absolute Gasteiger partial charge is 0.383 e. The smallest absolute Gasteiger partial charge is 0.166 e. The topological polar surface area (TPSA) is 33.3 Å². The van der Waals surface area contributed by atoms with E-state index in [0.29, 0.717) is 6.61 Å². The Hall–Kier alpha value is 0. The number of hydrogen-bond acceptors (Lipinski definition) is 3. The number of hydrogen-bond donors (Lipinski definition) is 2. The first-order chi connectivity index (χ1) is 7.22. The van der Waals surface area contributed by atoms with Crippen LogP contribution in [0.4, 0.5) is 0 Å². The molecular formula is C10H20N2OS2. The predicted octanol–water partition coefficient (Wildman–Crippen LogP) is 1.24. The highest BCUT2D eigenvalue weighted by atomic mass is 32.2. The summed E-state index contributed by atoms with van der Waals surface area (Å²) < 4.78 is 5.03. The summed E-state index contributed by atoms with van der Waals surface area (Å²) in [6.45, 7) is 3.74. The van der Waals surface area contributed by atoms with Crippen LogP contribution < -0.4 is 10.6 Å². The van der Waals surface area contributed by atoms with Crippen molar-refractivity contribution in [2.24, 2.45) is 5.92 Å². The molecule has 0 aliphatic carbocycles. The van der Waals surface area contributed by atoms with Crippen molar-refractivity contribution in [1.29, 1.82) is 0 Å². The average molecular weight is 248 g/mol. The second kappa shape index (κ2) is 7.30. The van der Waals surface area contributed by atoms with Crippen LogP contribution in [0.25, 0.3) is 0 Å². The van der Waals surface area contributed by atoms with Gasteiger partial charge >= 0.3 is 0 Å². The molecule has 0 amide bonds. The number of nitrogens with one attached hydrogen (secondary N) is 2. The maximum Gasteiger partial charge on any atom is 0.166 e. The van der Waals surface area contributed by atoms with E-state index in [1.807, 2.05) is 11.8 Å². The quantitative estimate of drug-likeness (QED) is 0.716. The molecule has 0 bridgehead atoms. The highest BCUT2D eigenvalue weighted by Gasteiger charge is 2.15. The van der Waals surface area contributed by atoms with Crippen molar-refractivity contribution in [1.82, 2.24) is 10.6 Å². The van der Waals surface area contributed by atoms with Crippen LogP contribution >= 0.6 is 24.0 Å². The van der Waals surface area contributed by atoms with E-state index in [2.05, 4.69) is 17.6 Å². The predicted molar refractivity (Wildman–Crippen MR) is 70.5 cm³/mol. The van der Waals surface area contributed by atoms with Crippen molar-refractivity contribution in [2.45, 2.75) is 19.4 Å². The van der Waals surface area contributed by atoms with Crippen LogP contribution in [0.1, 0.15) is 13.3 Å². The molecule has 1 saturated heterocycles. The first-order valence-corrected chi connectivity index (χ1v) is 6.89. The van der Waals surface area contributed by atoms with Crippen LogP contribution in [0.5, 0.6) is 0 Å². The van der Waals surface area contributed by atoms with Gasteiger partial charge in [0.05, 0.1) is 6.61 Å². The van der Waals surface area contributed by atoms with Gasteiger partial charge in [0, 0.05) is 19.7 Å². The third kappa shape index (κ3) is 5.58. The van der Waals surface area contributed by atoms with Crippen LogP contribution in [0.3, 0.4) is 0 Å². The summed E-state index contributed by atoms with van der Waals surface area (Å²) in [4.78, 5) is 0. The molecule has 1 heterocycles. The fourth-order valence-electron chi connectivity index (χ4n) is 1.55. The van der Waals surface area contributed by atoms with Gasteiger partial charge in [-0.1, -0.05) is 0 Å². The Morgan fingerprint density at radius 2 is 2.47 bits per heavy atom. The van der Waals surface area contributed by atoms with Crippen LogP contribution in [0.15, 0.2) is 0 Å². The molecule has 0 spiro atoms. The van der Waals surface area contributed by atoms with E-state index in [1.165, 1.54) is 17.9 Å². The van der Waals surface area contributed by atoms with Crippen molar-refractivity contribution < 1.29 is 4.74 Å². The second-order valence-corrected chi connectivity index (χ2v) is 5.50. The van der Waals surface area contributed by atoms with Gasteiger partial charge in [0.1, 0.15) is 0 Å². The molecule has 0 saturated carbocycles. The van der Waals surface area contributed by atoms with E-state index >= 15 is 0 Å². The molecule has 2 unspecified atom stereocenters. The van der Waals surface area contributed by atoms with Crippen molar-refractivity contribution in [3.63, 3.8) is 0 Å². The van der Waals surface area contributed by atoms with Crippen LogP contribution in [-0.2, 0) is 4.74 Å². The fourth-order valence-corrected chi connectivity index (χ4v) is 3.12. The summed E-state index contributed by atoms with van der Waals surface area (Å²) in [6.07, 6.45) is 1.31. The van der Waals surface area contributed by atoms with E-state index < -0.39 is 0 Å². The van der Waals surface area contributed by atoms with Crippen LogP contribution in [0, 0.1) is 5.92 Å². The molecule has 88 valence electrons. The van der Waals surface area contributed by atoms with Gasteiger partial charge in [0.15, 0.2) is 5.11 Å². The summed E-state index contributed by atoms with van der Waals surface area (Å²) in [5.41, 5.74) is 0. The Bertz CT molecular complexity index is 196. The molecule has 1 aliphatic rings. The van der Waals surface area contributed by atoms with Gasteiger partial charge < -0.3 is 15.4 Å². The lowest BCUT2D eigenvalue weighted by Gasteiger charge is -2.17. The number of methoxy groups -OCH3 is 1. The lowest BCUT2D eigenvalue weighted by atomic mass is 10.1. The molecule has 5 heteroatoms. The molecule has 15 heavy (non-hydrogen) atoms. The Kier molecular flexibility index (Phi) is 6.36. The fraction of sp³-hybridized carbons (Fsp3) is 0.900. The monoisotopic (exact) mass is 248 g/mol. The number of rotatable bonds is 5. The molecule has 3 nitrogen and oxygen atoms in total. The summed E-state index contributed by atoms with van der Waals surface area (Å²) in [7, 11) is 1.70. The van der Waals surface area contributed by atoms with E-state index in [1.54, 1.807) is 7.11 Å². The number of thiocarbonyl (C=S) groups is 1. The van der Waals surface area contributed by atoms with Gasteiger partial charge in [-0.2, -0.15) is 11.8 Å². The minimum Gasteiger partial charge on any atom is -0.383 e. The molecule has 0 aromatic rings. The Morgan fingerprint density at radius 3 is 3.07 bits per heavy atom. The molecule has 0 aromatic heterocycles. The lowest BCUT2D eigenvalue weighted by Crippen LogP contribution is -2.43. The average Bonchev–Trinajstić information content (AvgIpc) is 2.67. The first-order valence-electron chi connectivity index (χ1n) is 5.33.